The molecule has 3 nitrogen and oxygen atoms in total. The number of methoxy groups -OCH3 is 1. The van der Waals surface area contributed by atoms with E-state index in [0.29, 0.717) is 9.92 Å². The molecule has 1 atom stereocenters. The first-order chi connectivity index (χ1) is 10.0. The van der Waals surface area contributed by atoms with Crippen LogP contribution in [-0.4, -0.2) is 22.9 Å². The number of hydrogen-bond donors (Lipinski definition) is 0. The largest absolute Gasteiger partial charge is 0.496 e. The summed E-state index contributed by atoms with van der Waals surface area (Å²) in [5.41, 5.74) is 0.0832. The average Bonchev–Trinajstić information content (AvgIpc) is 2.47. The van der Waals surface area contributed by atoms with E-state index in [1.807, 2.05) is 0 Å². The van der Waals surface area contributed by atoms with Gasteiger partial charge < -0.3 is 4.74 Å². The van der Waals surface area contributed by atoms with Gasteiger partial charge in [0, 0.05) is 9.92 Å². The highest BCUT2D eigenvalue weighted by molar-refractivity contribution is 7.85. The molecule has 0 aromatic heterocycles. The minimum Gasteiger partial charge on any atom is -0.496 e. The quantitative estimate of drug-likeness (QED) is 0.790. The second-order valence-corrected chi connectivity index (χ2v) is 6.10. The maximum absolute atomic E-state index is 13.3. The van der Waals surface area contributed by atoms with Gasteiger partial charge in [0.1, 0.15) is 11.6 Å². The summed E-state index contributed by atoms with van der Waals surface area (Å²) in [6.07, 6.45) is 0. The molecule has 0 N–H and O–H groups in total. The van der Waals surface area contributed by atoms with Crippen LogP contribution in [0, 0.1) is 5.82 Å². The Labute approximate surface area is 129 Å². The second-order valence-electron chi connectivity index (χ2n) is 4.21. The Balaban J connectivity index is 2.20. The summed E-state index contributed by atoms with van der Waals surface area (Å²) in [5.74, 6) is -0.980. The van der Waals surface area contributed by atoms with Crippen molar-refractivity contribution >= 4 is 28.2 Å². The van der Waals surface area contributed by atoms with Gasteiger partial charge in [0.2, 0.25) is 0 Å². The third-order valence-electron chi connectivity index (χ3n) is 2.80. The zero-order chi connectivity index (χ0) is 15.4. The lowest BCUT2D eigenvalue weighted by atomic mass is 10.1. The maximum Gasteiger partial charge on any atom is 0.179 e. The number of carbonyl (C=O) groups is 1. The molecule has 21 heavy (non-hydrogen) atoms. The molecule has 6 heteroatoms. The molecule has 1 unspecified atom stereocenters. The van der Waals surface area contributed by atoms with Gasteiger partial charge in [-0.2, -0.15) is 0 Å². The van der Waals surface area contributed by atoms with Crippen LogP contribution in [0.2, 0.25) is 5.02 Å². The minimum atomic E-state index is -1.53. The zero-order valence-corrected chi connectivity index (χ0v) is 12.7. The van der Waals surface area contributed by atoms with Crippen LogP contribution in [0.15, 0.2) is 47.4 Å². The lowest BCUT2D eigenvalue weighted by Gasteiger charge is -2.08. The SMILES string of the molecule is COc1ccc(F)cc1C(=O)CS(=O)c1ccc(Cl)cc1. The molecule has 0 aliphatic rings. The highest BCUT2D eigenvalue weighted by Crippen LogP contribution is 2.21. The van der Waals surface area contributed by atoms with E-state index in [0.717, 1.165) is 6.07 Å². The van der Waals surface area contributed by atoms with Gasteiger partial charge in [0.05, 0.1) is 29.2 Å². The summed E-state index contributed by atoms with van der Waals surface area (Å²) >= 11 is 5.75. The van der Waals surface area contributed by atoms with Crippen molar-refractivity contribution in [3.63, 3.8) is 0 Å². The van der Waals surface area contributed by atoms with Crippen molar-refractivity contribution < 1.29 is 18.1 Å². The number of ketones is 1. The van der Waals surface area contributed by atoms with E-state index in [9.17, 15) is 13.4 Å². The van der Waals surface area contributed by atoms with Crippen molar-refractivity contribution in [2.45, 2.75) is 4.90 Å². The molecule has 0 saturated heterocycles. The summed E-state index contributed by atoms with van der Waals surface area (Å²) in [6, 6.07) is 10.0. The van der Waals surface area contributed by atoms with Crippen LogP contribution >= 0.6 is 11.6 Å². The van der Waals surface area contributed by atoms with Crippen molar-refractivity contribution in [1.29, 1.82) is 0 Å². The van der Waals surface area contributed by atoms with Crippen LogP contribution < -0.4 is 4.74 Å². The standard InChI is InChI=1S/C15H12ClFO3S/c1-20-15-7-4-11(17)8-13(15)14(18)9-21(19)12-5-2-10(16)3-6-12/h2-8H,9H2,1H3. The molecular weight excluding hydrogens is 315 g/mol. The van der Waals surface area contributed by atoms with E-state index < -0.39 is 22.4 Å². The summed E-state index contributed by atoms with van der Waals surface area (Å²) in [4.78, 5) is 12.7. The van der Waals surface area contributed by atoms with E-state index in [1.54, 1.807) is 24.3 Å². The van der Waals surface area contributed by atoms with Crippen molar-refractivity contribution in [1.82, 2.24) is 0 Å². The average molecular weight is 327 g/mol. The monoisotopic (exact) mass is 326 g/mol. The molecule has 2 aromatic carbocycles. The number of rotatable bonds is 5. The Kier molecular flexibility index (Phi) is 5.09. The van der Waals surface area contributed by atoms with Crippen LogP contribution in [0.25, 0.3) is 0 Å². The second kappa shape index (κ2) is 6.83. The fourth-order valence-corrected chi connectivity index (χ4v) is 2.89. The van der Waals surface area contributed by atoms with Crippen molar-refractivity contribution in [3.8, 4) is 5.75 Å². The van der Waals surface area contributed by atoms with Gasteiger partial charge in [-0.15, -0.1) is 0 Å². The normalized spacial score (nSPS) is 12.0. The summed E-state index contributed by atoms with van der Waals surface area (Å²) < 4.78 is 30.4. The zero-order valence-electron chi connectivity index (χ0n) is 11.1. The summed E-state index contributed by atoms with van der Waals surface area (Å²) in [7, 11) is -0.136. The first-order valence-corrected chi connectivity index (χ1v) is 7.71. The smallest absolute Gasteiger partial charge is 0.179 e. The van der Waals surface area contributed by atoms with Crippen molar-refractivity contribution in [2.24, 2.45) is 0 Å². The molecule has 0 spiro atoms. The first kappa shape index (κ1) is 15.7. The van der Waals surface area contributed by atoms with Crippen LogP contribution in [0.3, 0.4) is 0 Å². The molecular formula is C15H12ClFO3S. The molecule has 0 heterocycles. The Morgan fingerprint density at radius 1 is 1.24 bits per heavy atom. The van der Waals surface area contributed by atoms with Crippen LogP contribution in [0.1, 0.15) is 10.4 Å². The van der Waals surface area contributed by atoms with E-state index in [1.165, 1.54) is 19.2 Å². The Morgan fingerprint density at radius 3 is 2.52 bits per heavy atom. The van der Waals surface area contributed by atoms with Crippen LogP contribution in [0.4, 0.5) is 4.39 Å². The number of Topliss-reactive ketones (excluding diaryl/α,β-unsaturated/α-hetero) is 1. The lowest BCUT2D eigenvalue weighted by Crippen LogP contribution is -2.12. The first-order valence-electron chi connectivity index (χ1n) is 6.02. The predicted molar refractivity (Wildman–Crippen MR) is 80.0 cm³/mol. The van der Waals surface area contributed by atoms with E-state index in [4.69, 9.17) is 16.3 Å². The van der Waals surface area contributed by atoms with E-state index >= 15 is 0 Å². The molecule has 0 radical (unpaired) electrons. The van der Waals surface area contributed by atoms with Crippen molar-refractivity contribution in [2.75, 3.05) is 12.9 Å². The molecule has 0 aliphatic heterocycles. The number of ether oxygens (including phenoxy) is 1. The van der Waals surface area contributed by atoms with E-state index in [-0.39, 0.29) is 17.1 Å². The van der Waals surface area contributed by atoms with Crippen molar-refractivity contribution in [3.05, 3.63) is 58.9 Å². The predicted octanol–water partition coefficient (Wildman–Crippen LogP) is 3.48. The lowest BCUT2D eigenvalue weighted by molar-refractivity contribution is 0.101. The van der Waals surface area contributed by atoms with Crippen LogP contribution in [0.5, 0.6) is 5.75 Å². The third kappa shape index (κ3) is 3.89. The Hall–Kier alpha value is -1.72. The Morgan fingerprint density at radius 2 is 1.90 bits per heavy atom. The minimum absolute atomic E-state index is 0.0832. The van der Waals surface area contributed by atoms with Crippen LogP contribution in [-0.2, 0) is 10.8 Å². The van der Waals surface area contributed by atoms with Gasteiger partial charge in [-0.05, 0) is 42.5 Å². The number of hydrogen-bond acceptors (Lipinski definition) is 3. The fourth-order valence-electron chi connectivity index (χ4n) is 1.76. The molecule has 0 aliphatic carbocycles. The molecule has 0 fully saturated rings. The van der Waals surface area contributed by atoms with E-state index in [2.05, 4.69) is 0 Å². The van der Waals surface area contributed by atoms with Gasteiger partial charge in [-0.1, -0.05) is 11.6 Å². The maximum atomic E-state index is 13.3. The highest BCUT2D eigenvalue weighted by Gasteiger charge is 2.17. The molecule has 110 valence electrons. The molecule has 0 amide bonds. The third-order valence-corrected chi connectivity index (χ3v) is 4.37. The topological polar surface area (TPSA) is 43.4 Å². The van der Waals surface area contributed by atoms with Gasteiger partial charge in [-0.25, -0.2) is 4.39 Å². The number of halogens is 2. The molecule has 0 saturated carbocycles. The molecule has 2 rings (SSSR count). The highest BCUT2D eigenvalue weighted by atomic mass is 35.5. The van der Waals surface area contributed by atoms with Gasteiger partial charge in [-0.3, -0.25) is 9.00 Å². The van der Waals surface area contributed by atoms with Gasteiger partial charge in [0.15, 0.2) is 5.78 Å². The summed E-state index contributed by atoms with van der Waals surface area (Å²) in [5, 5.41) is 0.522. The number of benzene rings is 2. The molecule has 2 aromatic rings. The van der Waals surface area contributed by atoms with Gasteiger partial charge >= 0.3 is 0 Å². The van der Waals surface area contributed by atoms with Gasteiger partial charge in [0.25, 0.3) is 0 Å². The fraction of sp³-hybridized carbons (Fsp3) is 0.133. The Bertz CT molecular complexity index is 686. The molecule has 0 bridgehead atoms. The summed E-state index contributed by atoms with van der Waals surface area (Å²) in [6.45, 7) is 0. The number of carbonyl (C=O) groups excluding carboxylic acids is 1.